The molecule has 0 N–H and O–H groups in total. The van der Waals surface area contributed by atoms with E-state index in [9.17, 15) is 14.4 Å². The second kappa shape index (κ2) is 6.03. The second-order valence-electron chi connectivity index (χ2n) is 4.84. The zero-order valence-electron chi connectivity index (χ0n) is 12.4. The lowest BCUT2D eigenvalue weighted by Gasteiger charge is -2.10. The third kappa shape index (κ3) is 2.85. The Balaban J connectivity index is 1.66. The number of hydrogen-bond donors (Lipinski definition) is 0. The van der Waals surface area contributed by atoms with Gasteiger partial charge >= 0.3 is 12.1 Å². The van der Waals surface area contributed by atoms with Crippen LogP contribution >= 0.6 is 0 Å². The number of fused-ring (bicyclic) bond motifs is 1. The number of carbonyl (C=O) groups excluding carboxylic acids is 3. The van der Waals surface area contributed by atoms with Crippen LogP contribution in [-0.4, -0.2) is 57.6 Å². The molecule has 1 aliphatic heterocycles. The molecule has 1 aliphatic rings. The average Bonchev–Trinajstić information content (AvgIpc) is 3.17. The topological polar surface area (TPSA) is 104 Å². The highest BCUT2D eigenvalue weighted by Gasteiger charge is 2.29. The fraction of sp³-hybridized carbons (Fsp3) is 0.357. The molecule has 9 heteroatoms. The van der Waals surface area contributed by atoms with Crippen LogP contribution in [0.5, 0.6) is 0 Å². The number of imide groups is 1. The molecule has 1 aromatic carbocycles. The number of cyclic esters (lactones) is 1. The summed E-state index contributed by atoms with van der Waals surface area (Å²) in [6.45, 7) is 2.41. The molecule has 1 aromatic heterocycles. The van der Waals surface area contributed by atoms with E-state index in [-0.39, 0.29) is 18.7 Å². The molecule has 0 saturated carbocycles. The fourth-order valence-corrected chi connectivity index (χ4v) is 2.24. The average molecular weight is 318 g/mol. The number of esters is 1. The predicted octanol–water partition coefficient (Wildman–Crippen LogP) is 0.587. The van der Waals surface area contributed by atoms with Crippen LogP contribution in [0.2, 0.25) is 0 Å². The Hall–Kier alpha value is -2.97. The number of carbonyl (C=O) groups is 3. The summed E-state index contributed by atoms with van der Waals surface area (Å²) in [5, 5.41) is 7.92. The van der Waals surface area contributed by atoms with Gasteiger partial charge in [0, 0.05) is 6.54 Å². The normalized spacial score (nSPS) is 14.1. The highest BCUT2D eigenvalue weighted by molar-refractivity contribution is 5.97. The molecule has 0 radical (unpaired) electrons. The molecule has 0 aliphatic carbocycles. The molecular formula is C14H14N4O5. The van der Waals surface area contributed by atoms with E-state index in [1.807, 2.05) is 6.92 Å². The van der Waals surface area contributed by atoms with Gasteiger partial charge in [-0.2, -0.15) is 0 Å². The van der Waals surface area contributed by atoms with E-state index >= 15 is 0 Å². The summed E-state index contributed by atoms with van der Waals surface area (Å²) >= 11 is 0. The number of hydrogen-bond acceptors (Lipinski definition) is 7. The minimum absolute atomic E-state index is 0.155. The minimum Gasteiger partial charge on any atom is -0.452 e. The van der Waals surface area contributed by atoms with Crippen molar-refractivity contribution < 1.29 is 23.9 Å². The van der Waals surface area contributed by atoms with Crippen molar-refractivity contribution in [3.8, 4) is 0 Å². The van der Waals surface area contributed by atoms with Gasteiger partial charge in [-0.05, 0) is 25.1 Å². The first-order valence-electron chi connectivity index (χ1n) is 7.07. The van der Waals surface area contributed by atoms with E-state index in [2.05, 4.69) is 15.0 Å². The summed E-state index contributed by atoms with van der Waals surface area (Å²) in [6, 6.07) is 4.84. The van der Waals surface area contributed by atoms with Gasteiger partial charge in [-0.25, -0.2) is 19.2 Å². The molecule has 0 bridgehead atoms. The quantitative estimate of drug-likeness (QED) is 0.760. The standard InChI is InChI=1S/C14H14N4O5/c1-2-18-11-4-3-9(7-10(11)15-16-18)13(20)23-8-12(19)17-5-6-22-14(17)21/h3-4,7H,2,5-6,8H2,1H3. The first kappa shape index (κ1) is 14.9. The number of ether oxygens (including phenoxy) is 2. The molecule has 9 nitrogen and oxygen atoms in total. The van der Waals surface area contributed by atoms with Gasteiger partial charge in [0.25, 0.3) is 5.91 Å². The van der Waals surface area contributed by atoms with Crippen molar-refractivity contribution in [3.05, 3.63) is 23.8 Å². The van der Waals surface area contributed by atoms with E-state index in [1.165, 1.54) is 0 Å². The molecule has 23 heavy (non-hydrogen) atoms. The summed E-state index contributed by atoms with van der Waals surface area (Å²) in [5.41, 5.74) is 1.63. The Morgan fingerprint density at radius 3 is 2.91 bits per heavy atom. The first-order chi connectivity index (χ1) is 11.1. The Kier molecular flexibility index (Phi) is 3.92. The fourth-order valence-electron chi connectivity index (χ4n) is 2.24. The maximum atomic E-state index is 12.0. The van der Waals surface area contributed by atoms with Gasteiger partial charge in [0.15, 0.2) is 6.61 Å². The second-order valence-corrected chi connectivity index (χ2v) is 4.84. The van der Waals surface area contributed by atoms with Gasteiger partial charge in [-0.1, -0.05) is 5.21 Å². The van der Waals surface area contributed by atoms with Crippen molar-refractivity contribution in [3.63, 3.8) is 0 Å². The maximum absolute atomic E-state index is 12.0. The molecule has 2 heterocycles. The van der Waals surface area contributed by atoms with Crippen molar-refractivity contribution in [1.82, 2.24) is 19.9 Å². The first-order valence-corrected chi connectivity index (χ1v) is 7.07. The van der Waals surface area contributed by atoms with Gasteiger partial charge in [-0.3, -0.25) is 4.79 Å². The number of aryl methyl sites for hydroxylation is 1. The lowest BCUT2D eigenvalue weighted by molar-refractivity contribution is -0.131. The predicted molar refractivity (Wildman–Crippen MR) is 76.5 cm³/mol. The van der Waals surface area contributed by atoms with Crippen LogP contribution in [0.15, 0.2) is 18.2 Å². The van der Waals surface area contributed by atoms with E-state index in [0.717, 1.165) is 10.4 Å². The van der Waals surface area contributed by atoms with Gasteiger partial charge in [-0.15, -0.1) is 5.10 Å². The molecule has 0 atom stereocenters. The Bertz CT molecular complexity index is 785. The lowest BCUT2D eigenvalue weighted by atomic mass is 10.2. The van der Waals surface area contributed by atoms with Gasteiger partial charge in [0.2, 0.25) is 0 Å². The van der Waals surface area contributed by atoms with Gasteiger partial charge < -0.3 is 9.47 Å². The molecule has 1 saturated heterocycles. The summed E-state index contributed by atoms with van der Waals surface area (Å²) in [4.78, 5) is 35.9. The highest BCUT2D eigenvalue weighted by atomic mass is 16.6. The van der Waals surface area contributed by atoms with Crippen molar-refractivity contribution in [1.29, 1.82) is 0 Å². The number of nitrogens with zero attached hydrogens (tertiary/aromatic N) is 4. The number of amides is 2. The molecular weight excluding hydrogens is 304 g/mol. The maximum Gasteiger partial charge on any atom is 0.416 e. The van der Waals surface area contributed by atoms with E-state index in [4.69, 9.17) is 4.74 Å². The van der Waals surface area contributed by atoms with Crippen LogP contribution < -0.4 is 0 Å². The lowest BCUT2D eigenvalue weighted by Crippen LogP contribution is -2.35. The van der Waals surface area contributed by atoms with Crippen LogP contribution in [-0.2, 0) is 20.8 Å². The van der Waals surface area contributed by atoms with Crippen LogP contribution in [0.1, 0.15) is 17.3 Å². The summed E-state index contributed by atoms with van der Waals surface area (Å²) in [6.07, 6.45) is -0.719. The zero-order chi connectivity index (χ0) is 16.4. The zero-order valence-corrected chi connectivity index (χ0v) is 12.4. The van der Waals surface area contributed by atoms with Gasteiger partial charge in [0.1, 0.15) is 12.1 Å². The molecule has 120 valence electrons. The summed E-state index contributed by atoms with van der Waals surface area (Å²) in [7, 11) is 0. The van der Waals surface area contributed by atoms with Gasteiger partial charge in [0.05, 0.1) is 17.6 Å². The SMILES string of the molecule is CCn1nnc2cc(C(=O)OCC(=O)N3CCOC3=O)ccc21. The monoisotopic (exact) mass is 318 g/mol. The van der Waals surface area contributed by atoms with Crippen LogP contribution in [0.3, 0.4) is 0 Å². The molecule has 0 unspecified atom stereocenters. The Morgan fingerprint density at radius 1 is 1.39 bits per heavy atom. The summed E-state index contributed by atoms with van der Waals surface area (Å²) in [5.74, 6) is -1.28. The molecule has 2 amide bonds. The number of rotatable bonds is 4. The van der Waals surface area contributed by atoms with Crippen LogP contribution in [0.25, 0.3) is 11.0 Å². The number of benzene rings is 1. The van der Waals surface area contributed by atoms with Crippen LogP contribution in [0, 0.1) is 0 Å². The number of aromatic nitrogens is 3. The van der Waals surface area contributed by atoms with Crippen molar-refractivity contribution in [2.24, 2.45) is 0 Å². The smallest absolute Gasteiger partial charge is 0.416 e. The summed E-state index contributed by atoms with van der Waals surface area (Å²) < 4.78 is 11.3. The van der Waals surface area contributed by atoms with E-state index in [0.29, 0.717) is 12.1 Å². The van der Waals surface area contributed by atoms with Crippen molar-refractivity contribution >= 4 is 29.0 Å². The van der Waals surface area contributed by atoms with Crippen molar-refractivity contribution in [2.75, 3.05) is 19.8 Å². The van der Waals surface area contributed by atoms with Crippen molar-refractivity contribution in [2.45, 2.75) is 13.5 Å². The minimum atomic E-state index is -0.719. The Labute approximate surface area is 130 Å². The molecule has 3 rings (SSSR count). The third-order valence-electron chi connectivity index (χ3n) is 3.44. The third-order valence-corrected chi connectivity index (χ3v) is 3.44. The highest BCUT2D eigenvalue weighted by Crippen LogP contribution is 2.14. The van der Waals surface area contributed by atoms with Crippen LogP contribution in [0.4, 0.5) is 4.79 Å². The molecule has 2 aromatic rings. The van der Waals surface area contributed by atoms with E-state index in [1.54, 1.807) is 22.9 Å². The largest absolute Gasteiger partial charge is 0.452 e. The molecule has 1 fully saturated rings. The molecule has 0 spiro atoms. The Morgan fingerprint density at radius 2 is 2.22 bits per heavy atom. The van der Waals surface area contributed by atoms with E-state index < -0.39 is 24.6 Å².